The van der Waals surface area contributed by atoms with Gasteiger partial charge in [-0.15, -0.1) is 0 Å². The second-order valence-corrected chi connectivity index (χ2v) is 13.5. The maximum atomic E-state index is 7.93. The third-order valence-corrected chi connectivity index (χ3v) is 10.6. The van der Waals surface area contributed by atoms with E-state index in [-0.39, 0.29) is 0 Å². The van der Waals surface area contributed by atoms with Crippen molar-refractivity contribution in [1.29, 1.82) is 0 Å². The molecule has 2 heteroatoms. The van der Waals surface area contributed by atoms with E-state index in [1.54, 1.807) is 0 Å². The van der Waals surface area contributed by atoms with Crippen molar-refractivity contribution < 1.29 is 0 Å². The second-order valence-electron chi connectivity index (χ2n) is 13.5. The van der Waals surface area contributed by atoms with E-state index in [4.69, 9.17) is 6.57 Å². The van der Waals surface area contributed by atoms with E-state index < -0.39 is 0 Å². The zero-order valence-corrected chi connectivity index (χ0v) is 28.9. The fourth-order valence-electron chi connectivity index (χ4n) is 8.34. The molecule has 0 unspecified atom stereocenters. The van der Waals surface area contributed by atoms with Gasteiger partial charge in [-0.3, -0.25) is 0 Å². The van der Waals surface area contributed by atoms with Crippen molar-refractivity contribution in [1.82, 2.24) is 4.57 Å². The van der Waals surface area contributed by atoms with Gasteiger partial charge in [0.2, 0.25) is 0 Å². The smallest absolute Gasteiger partial charge is 0.188 e. The lowest BCUT2D eigenvalue weighted by molar-refractivity contribution is 1.18. The first-order valence-corrected chi connectivity index (χ1v) is 18.0. The number of hydrogen-bond donors (Lipinski definition) is 0. The molecule has 0 amide bonds. The Bertz CT molecular complexity index is 2960. The fourth-order valence-corrected chi connectivity index (χ4v) is 8.34. The molecule has 246 valence electrons. The monoisotopic (exact) mass is 672 g/mol. The standard InChI is InChI=1S/C51H32N2/c1-52-37-30-31-49(53-47-28-13-11-21-39(47)40-22-12-14-29-48(40)53)46(33-37)36-19-15-18-35(32-36)38-20-5-6-23-41(38)51-44-26-9-7-24-42(44)50(34-16-3-2-4-17-34)43-25-8-10-27-45(43)51/h2-33H. The summed E-state index contributed by atoms with van der Waals surface area (Å²) in [6, 6.07) is 69.3. The molecule has 1 aromatic heterocycles. The Morgan fingerprint density at radius 3 is 1.42 bits per heavy atom. The van der Waals surface area contributed by atoms with Gasteiger partial charge < -0.3 is 4.57 Å². The van der Waals surface area contributed by atoms with Gasteiger partial charge in [0.25, 0.3) is 0 Å². The van der Waals surface area contributed by atoms with Crippen LogP contribution >= 0.6 is 0 Å². The van der Waals surface area contributed by atoms with Gasteiger partial charge in [-0.05, 0) is 96.4 Å². The fraction of sp³-hybridized carbons (Fsp3) is 0. The highest BCUT2D eigenvalue weighted by Crippen LogP contribution is 2.46. The van der Waals surface area contributed by atoms with Crippen LogP contribution in [0.3, 0.4) is 0 Å². The zero-order valence-electron chi connectivity index (χ0n) is 28.9. The first kappa shape index (κ1) is 30.6. The summed E-state index contributed by atoms with van der Waals surface area (Å²) in [5.74, 6) is 0. The summed E-state index contributed by atoms with van der Waals surface area (Å²) < 4.78 is 2.35. The van der Waals surface area contributed by atoms with E-state index in [9.17, 15) is 0 Å². The Kier molecular flexibility index (Phi) is 7.23. The van der Waals surface area contributed by atoms with Crippen LogP contribution in [0, 0.1) is 6.57 Å². The van der Waals surface area contributed by atoms with Crippen molar-refractivity contribution in [2.45, 2.75) is 0 Å². The summed E-state index contributed by atoms with van der Waals surface area (Å²) >= 11 is 0. The Morgan fingerprint density at radius 1 is 0.340 bits per heavy atom. The van der Waals surface area contributed by atoms with Crippen LogP contribution in [0.1, 0.15) is 0 Å². The number of rotatable bonds is 5. The molecule has 0 aliphatic heterocycles. The van der Waals surface area contributed by atoms with Gasteiger partial charge in [-0.2, -0.15) is 0 Å². The first-order valence-electron chi connectivity index (χ1n) is 18.0. The van der Waals surface area contributed by atoms with Crippen LogP contribution in [0.5, 0.6) is 0 Å². The minimum absolute atomic E-state index is 0.617. The highest BCUT2D eigenvalue weighted by Gasteiger charge is 2.20. The molecule has 10 rings (SSSR count). The van der Waals surface area contributed by atoms with Gasteiger partial charge in [0.05, 0.1) is 23.3 Å². The SMILES string of the molecule is [C-]#[N+]c1ccc(-n2c3ccccc3c3ccccc32)c(-c2cccc(-c3ccccc3-c3c4ccccc4c(-c4ccccc4)c4ccccc34)c2)c1. The Balaban J connectivity index is 1.21. The number of benzene rings is 9. The van der Waals surface area contributed by atoms with Crippen molar-refractivity contribution in [2.75, 3.05) is 0 Å². The molecule has 0 aliphatic rings. The van der Waals surface area contributed by atoms with Crippen molar-refractivity contribution in [3.05, 3.63) is 206 Å². The quantitative estimate of drug-likeness (QED) is 0.127. The highest BCUT2D eigenvalue weighted by atomic mass is 15.0. The van der Waals surface area contributed by atoms with Crippen LogP contribution in [-0.4, -0.2) is 4.57 Å². The number of nitrogens with zero attached hydrogens (tertiary/aromatic N) is 2. The molecule has 0 saturated carbocycles. The van der Waals surface area contributed by atoms with Crippen LogP contribution < -0.4 is 0 Å². The van der Waals surface area contributed by atoms with E-state index in [0.29, 0.717) is 5.69 Å². The summed E-state index contributed by atoms with van der Waals surface area (Å²) in [5, 5.41) is 7.36. The lowest BCUT2D eigenvalue weighted by atomic mass is 9.83. The maximum absolute atomic E-state index is 7.93. The average molecular weight is 673 g/mol. The minimum atomic E-state index is 0.617. The topological polar surface area (TPSA) is 9.29 Å². The largest absolute Gasteiger partial charge is 0.309 e. The highest BCUT2D eigenvalue weighted by molar-refractivity contribution is 6.22. The van der Waals surface area contributed by atoms with Crippen LogP contribution in [-0.2, 0) is 0 Å². The molecule has 9 aromatic carbocycles. The molecule has 0 spiro atoms. The third kappa shape index (κ3) is 4.94. The van der Waals surface area contributed by atoms with Crippen molar-refractivity contribution in [2.24, 2.45) is 0 Å². The molecule has 10 aromatic rings. The van der Waals surface area contributed by atoms with E-state index in [1.165, 1.54) is 54.6 Å². The van der Waals surface area contributed by atoms with E-state index in [0.717, 1.165) is 39.0 Å². The van der Waals surface area contributed by atoms with Crippen LogP contribution in [0.4, 0.5) is 5.69 Å². The summed E-state index contributed by atoms with van der Waals surface area (Å²) in [5.41, 5.74) is 13.2. The van der Waals surface area contributed by atoms with Crippen molar-refractivity contribution >= 4 is 49.0 Å². The molecule has 0 radical (unpaired) electrons. The maximum Gasteiger partial charge on any atom is 0.188 e. The molecule has 1 heterocycles. The Hall–Kier alpha value is -7.21. The first-order chi connectivity index (χ1) is 26.3. The Labute approximate surface area is 308 Å². The van der Waals surface area contributed by atoms with Gasteiger partial charge in [0.1, 0.15) is 0 Å². The van der Waals surface area contributed by atoms with Gasteiger partial charge in [0, 0.05) is 10.8 Å². The zero-order chi connectivity index (χ0) is 35.3. The van der Waals surface area contributed by atoms with Gasteiger partial charge in [-0.1, -0.05) is 164 Å². The average Bonchev–Trinajstić information content (AvgIpc) is 3.57. The summed E-state index contributed by atoms with van der Waals surface area (Å²) in [4.78, 5) is 3.87. The lowest BCUT2D eigenvalue weighted by Gasteiger charge is -2.20. The van der Waals surface area contributed by atoms with Gasteiger partial charge in [0.15, 0.2) is 5.69 Å². The molecule has 2 nitrogen and oxygen atoms in total. The van der Waals surface area contributed by atoms with E-state index >= 15 is 0 Å². The molecule has 0 fully saturated rings. The Morgan fingerprint density at radius 2 is 0.811 bits per heavy atom. The predicted octanol–water partition coefficient (Wildman–Crippen LogP) is 14.3. The molecular weight excluding hydrogens is 641 g/mol. The third-order valence-electron chi connectivity index (χ3n) is 10.6. The summed E-state index contributed by atoms with van der Waals surface area (Å²) in [6.45, 7) is 7.93. The lowest BCUT2D eigenvalue weighted by Crippen LogP contribution is -1.97. The number of hydrogen-bond acceptors (Lipinski definition) is 0. The normalized spacial score (nSPS) is 11.4. The second kappa shape index (κ2) is 12.5. The minimum Gasteiger partial charge on any atom is -0.309 e. The summed E-state index contributed by atoms with van der Waals surface area (Å²) in [6.07, 6.45) is 0. The molecule has 0 bridgehead atoms. The molecule has 0 saturated heterocycles. The van der Waals surface area contributed by atoms with Gasteiger partial charge >= 0.3 is 0 Å². The van der Waals surface area contributed by atoms with Crippen LogP contribution in [0.15, 0.2) is 194 Å². The van der Waals surface area contributed by atoms with E-state index in [1.807, 2.05) is 12.1 Å². The molecule has 53 heavy (non-hydrogen) atoms. The molecular formula is C51H32N2. The summed E-state index contributed by atoms with van der Waals surface area (Å²) in [7, 11) is 0. The van der Waals surface area contributed by atoms with Crippen molar-refractivity contribution in [3.63, 3.8) is 0 Å². The van der Waals surface area contributed by atoms with Crippen molar-refractivity contribution in [3.8, 4) is 50.2 Å². The molecule has 0 aliphatic carbocycles. The van der Waals surface area contributed by atoms with Gasteiger partial charge in [-0.25, -0.2) is 4.85 Å². The predicted molar refractivity (Wildman–Crippen MR) is 224 cm³/mol. The molecule has 0 atom stereocenters. The van der Waals surface area contributed by atoms with E-state index in [2.05, 4.69) is 191 Å². The number of fused-ring (bicyclic) bond motifs is 5. The molecule has 0 N–H and O–H groups in total. The number of aromatic nitrogens is 1. The van der Waals surface area contributed by atoms with Crippen LogP contribution in [0.25, 0.3) is 98.4 Å². The number of para-hydroxylation sites is 2. The van der Waals surface area contributed by atoms with Crippen LogP contribution in [0.2, 0.25) is 0 Å².